The molecule has 0 atom stereocenters. The molecule has 1 aliphatic rings. The van der Waals surface area contributed by atoms with E-state index in [1.807, 2.05) is 84.9 Å². The molecule has 1 heterocycles. The van der Waals surface area contributed by atoms with Crippen LogP contribution in [-0.2, 0) is 17.9 Å². The Hall–Kier alpha value is -4.35. The number of nitrogens with zero attached hydrogens (tertiary/aromatic N) is 1. The minimum Gasteiger partial charge on any atom is -0.488 e. The molecule has 5 aromatic carbocycles. The molecule has 5 heteroatoms. The molecule has 5 aromatic rings. The second-order valence-electron chi connectivity index (χ2n) is 8.87. The largest absolute Gasteiger partial charge is 0.488 e. The number of ether oxygens (including phenoxy) is 1. The lowest BCUT2D eigenvalue weighted by atomic mass is 10.0. The Morgan fingerprint density at radius 3 is 2.03 bits per heavy atom. The van der Waals surface area contributed by atoms with Crippen LogP contribution in [0.5, 0.6) is 5.75 Å². The van der Waals surface area contributed by atoms with Crippen molar-refractivity contribution in [2.45, 2.75) is 13.2 Å². The quantitative estimate of drug-likeness (QED) is 0.223. The Kier molecular flexibility index (Phi) is 6.21. The van der Waals surface area contributed by atoms with Crippen LogP contribution in [0.4, 0.5) is 4.79 Å². The smallest absolute Gasteiger partial charge is 0.293 e. The average molecular weight is 502 g/mol. The highest BCUT2D eigenvalue weighted by Gasteiger charge is 2.35. The van der Waals surface area contributed by atoms with Gasteiger partial charge in [0.2, 0.25) is 0 Å². The van der Waals surface area contributed by atoms with Gasteiger partial charge in [-0.15, -0.1) is 0 Å². The van der Waals surface area contributed by atoms with Crippen molar-refractivity contribution < 1.29 is 14.3 Å². The standard InChI is InChI=1S/C32H23NO3S/c34-31-30(37-32(35)33(31)20-25-14-7-12-22-9-1-4-16-27(22)25)19-24-11-3-6-18-29(24)36-21-26-15-8-13-23-10-2-5-17-28(23)26/h1-19H,20-21H2/b30-19+. The van der Waals surface area contributed by atoms with E-state index in [9.17, 15) is 9.59 Å². The van der Waals surface area contributed by atoms with Crippen LogP contribution in [0.2, 0.25) is 0 Å². The van der Waals surface area contributed by atoms with Gasteiger partial charge in [-0.2, -0.15) is 0 Å². The molecule has 0 radical (unpaired) electrons. The lowest BCUT2D eigenvalue weighted by molar-refractivity contribution is -0.123. The summed E-state index contributed by atoms with van der Waals surface area (Å²) in [7, 11) is 0. The summed E-state index contributed by atoms with van der Waals surface area (Å²) >= 11 is 0.969. The zero-order chi connectivity index (χ0) is 25.2. The van der Waals surface area contributed by atoms with Crippen LogP contribution < -0.4 is 4.74 Å². The molecular formula is C32H23NO3S. The lowest BCUT2D eigenvalue weighted by Gasteiger charge is -2.14. The Balaban J connectivity index is 1.24. The van der Waals surface area contributed by atoms with Crippen molar-refractivity contribution in [3.05, 3.63) is 131 Å². The van der Waals surface area contributed by atoms with Gasteiger partial charge in [0.15, 0.2) is 0 Å². The van der Waals surface area contributed by atoms with Gasteiger partial charge in [-0.05, 0) is 56.6 Å². The topological polar surface area (TPSA) is 46.6 Å². The third kappa shape index (κ3) is 4.61. The molecule has 2 amide bonds. The van der Waals surface area contributed by atoms with E-state index >= 15 is 0 Å². The zero-order valence-corrected chi connectivity index (χ0v) is 20.8. The van der Waals surface area contributed by atoms with Crippen molar-refractivity contribution in [3.8, 4) is 5.75 Å². The third-order valence-electron chi connectivity index (χ3n) is 6.55. The normalized spacial score (nSPS) is 14.7. The van der Waals surface area contributed by atoms with Gasteiger partial charge < -0.3 is 4.74 Å². The van der Waals surface area contributed by atoms with Crippen molar-refractivity contribution in [1.29, 1.82) is 0 Å². The van der Waals surface area contributed by atoms with Crippen LogP contribution in [0.25, 0.3) is 27.6 Å². The monoisotopic (exact) mass is 501 g/mol. The highest BCUT2D eigenvalue weighted by Crippen LogP contribution is 2.36. The Morgan fingerprint density at radius 2 is 1.27 bits per heavy atom. The molecule has 0 saturated carbocycles. The maximum Gasteiger partial charge on any atom is 0.293 e. The number of hydrogen-bond donors (Lipinski definition) is 0. The summed E-state index contributed by atoms with van der Waals surface area (Å²) in [6.45, 7) is 0.636. The van der Waals surface area contributed by atoms with Gasteiger partial charge in [-0.1, -0.05) is 103 Å². The first-order valence-electron chi connectivity index (χ1n) is 12.1. The second-order valence-corrected chi connectivity index (χ2v) is 9.86. The number of para-hydroxylation sites is 1. The van der Waals surface area contributed by atoms with Gasteiger partial charge in [0, 0.05) is 5.56 Å². The molecule has 0 spiro atoms. The average Bonchev–Trinajstić information content (AvgIpc) is 3.20. The number of imide groups is 1. The van der Waals surface area contributed by atoms with Gasteiger partial charge in [0.1, 0.15) is 12.4 Å². The number of hydrogen-bond acceptors (Lipinski definition) is 4. The van der Waals surface area contributed by atoms with Gasteiger partial charge in [-0.25, -0.2) is 0 Å². The Labute approximate surface area is 219 Å². The van der Waals surface area contributed by atoms with Crippen molar-refractivity contribution in [2.24, 2.45) is 0 Å². The molecule has 0 aromatic heterocycles. The van der Waals surface area contributed by atoms with E-state index in [0.717, 1.165) is 50.0 Å². The molecule has 4 nitrogen and oxygen atoms in total. The van der Waals surface area contributed by atoms with E-state index in [-0.39, 0.29) is 17.7 Å². The summed E-state index contributed by atoms with van der Waals surface area (Å²) in [6, 6.07) is 35.9. The molecule has 6 rings (SSSR count). The van der Waals surface area contributed by atoms with E-state index in [0.29, 0.717) is 17.3 Å². The number of fused-ring (bicyclic) bond motifs is 2. The maximum atomic E-state index is 13.3. The second kappa shape index (κ2) is 9.96. The Bertz CT molecular complexity index is 1680. The number of amides is 2. The predicted octanol–water partition coefficient (Wildman–Crippen LogP) is 7.81. The molecule has 1 aliphatic heterocycles. The maximum absolute atomic E-state index is 13.3. The minimum absolute atomic E-state index is 0.239. The first kappa shape index (κ1) is 23.1. The number of benzene rings is 5. The van der Waals surface area contributed by atoms with Gasteiger partial charge in [0.05, 0.1) is 11.4 Å². The van der Waals surface area contributed by atoms with E-state index in [2.05, 4.69) is 24.3 Å². The van der Waals surface area contributed by atoms with E-state index in [1.165, 1.54) is 4.90 Å². The Morgan fingerprint density at radius 1 is 0.676 bits per heavy atom. The molecule has 0 aliphatic carbocycles. The van der Waals surface area contributed by atoms with Crippen molar-refractivity contribution >= 4 is 50.5 Å². The zero-order valence-electron chi connectivity index (χ0n) is 20.0. The van der Waals surface area contributed by atoms with E-state index in [1.54, 1.807) is 6.08 Å². The number of carbonyl (C=O) groups is 2. The van der Waals surface area contributed by atoms with Crippen LogP contribution in [0, 0.1) is 0 Å². The summed E-state index contributed by atoms with van der Waals surface area (Å²) in [4.78, 5) is 27.8. The highest BCUT2D eigenvalue weighted by atomic mass is 32.2. The summed E-state index contributed by atoms with van der Waals surface area (Å²) in [5.74, 6) is 0.378. The fourth-order valence-corrected chi connectivity index (χ4v) is 5.51. The van der Waals surface area contributed by atoms with Gasteiger partial charge >= 0.3 is 0 Å². The first-order valence-corrected chi connectivity index (χ1v) is 12.9. The van der Waals surface area contributed by atoms with Crippen LogP contribution in [0.1, 0.15) is 16.7 Å². The van der Waals surface area contributed by atoms with Crippen LogP contribution >= 0.6 is 11.8 Å². The summed E-state index contributed by atoms with van der Waals surface area (Å²) in [5, 5.41) is 4.17. The van der Waals surface area contributed by atoms with Crippen molar-refractivity contribution in [3.63, 3.8) is 0 Å². The summed E-state index contributed by atoms with van der Waals surface area (Å²) in [5.41, 5.74) is 2.79. The molecule has 0 unspecified atom stereocenters. The fraction of sp³-hybridized carbons (Fsp3) is 0.0625. The predicted molar refractivity (Wildman–Crippen MR) is 150 cm³/mol. The molecule has 180 valence electrons. The fourth-order valence-electron chi connectivity index (χ4n) is 4.68. The molecule has 37 heavy (non-hydrogen) atoms. The third-order valence-corrected chi connectivity index (χ3v) is 7.46. The van der Waals surface area contributed by atoms with E-state index < -0.39 is 0 Å². The molecular weight excluding hydrogens is 478 g/mol. The molecule has 0 bridgehead atoms. The van der Waals surface area contributed by atoms with Crippen LogP contribution in [0.3, 0.4) is 0 Å². The molecule has 0 N–H and O–H groups in total. The first-order chi connectivity index (χ1) is 18.2. The summed E-state index contributed by atoms with van der Waals surface area (Å²) in [6.07, 6.45) is 1.76. The number of carbonyl (C=O) groups excluding carboxylic acids is 2. The minimum atomic E-state index is -0.285. The lowest BCUT2D eigenvalue weighted by Crippen LogP contribution is -2.27. The van der Waals surface area contributed by atoms with Gasteiger partial charge in [0.25, 0.3) is 11.1 Å². The van der Waals surface area contributed by atoms with Gasteiger partial charge in [-0.3, -0.25) is 14.5 Å². The van der Waals surface area contributed by atoms with Crippen LogP contribution in [0.15, 0.2) is 114 Å². The molecule has 1 saturated heterocycles. The highest BCUT2D eigenvalue weighted by molar-refractivity contribution is 8.18. The summed E-state index contributed by atoms with van der Waals surface area (Å²) < 4.78 is 6.21. The van der Waals surface area contributed by atoms with E-state index in [4.69, 9.17) is 4.74 Å². The number of thioether (sulfide) groups is 1. The van der Waals surface area contributed by atoms with Crippen LogP contribution in [-0.4, -0.2) is 16.0 Å². The van der Waals surface area contributed by atoms with Crippen molar-refractivity contribution in [1.82, 2.24) is 4.90 Å². The van der Waals surface area contributed by atoms with Crippen molar-refractivity contribution in [2.75, 3.05) is 0 Å². The molecule has 1 fully saturated rings. The SMILES string of the molecule is O=C1S/C(=C/c2ccccc2OCc2cccc3ccccc23)C(=O)N1Cc1cccc2ccccc12. The number of rotatable bonds is 6.